The van der Waals surface area contributed by atoms with Crippen LogP contribution < -0.4 is 5.32 Å². The second-order valence-electron chi connectivity index (χ2n) is 5.16. The van der Waals surface area contributed by atoms with Gasteiger partial charge in [-0.05, 0) is 38.0 Å². The molecule has 0 bridgehead atoms. The van der Waals surface area contributed by atoms with Gasteiger partial charge in [-0.2, -0.15) is 0 Å². The predicted molar refractivity (Wildman–Crippen MR) is 81.9 cm³/mol. The van der Waals surface area contributed by atoms with Crippen molar-refractivity contribution >= 4 is 5.95 Å². The van der Waals surface area contributed by atoms with Crippen LogP contribution in [0.3, 0.4) is 0 Å². The van der Waals surface area contributed by atoms with Gasteiger partial charge >= 0.3 is 0 Å². The molecule has 0 saturated carbocycles. The van der Waals surface area contributed by atoms with Gasteiger partial charge in [0.25, 0.3) is 0 Å². The van der Waals surface area contributed by atoms with Crippen LogP contribution in [0.4, 0.5) is 10.3 Å². The third kappa shape index (κ3) is 4.29. The third-order valence-electron chi connectivity index (χ3n) is 3.36. The van der Waals surface area contributed by atoms with E-state index < -0.39 is 0 Å². The van der Waals surface area contributed by atoms with E-state index in [2.05, 4.69) is 14.9 Å². The van der Waals surface area contributed by atoms with Crippen molar-refractivity contribution < 1.29 is 9.13 Å². The van der Waals surface area contributed by atoms with Gasteiger partial charge in [0.15, 0.2) is 0 Å². The van der Waals surface area contributed by atoms with E-state index in [1.54, 1.807) is 19.2 Å². The Hall–Kier alpha value is -1.88. The number of rotatable bonds is 7. The summed E-state index contributed by atoms with van der Waals surface area (Å²) in [5.74, 6) is 0.614. The van der Waals surface area contributed by atoms with Crippen molar-refractivity contribution in [3.8, 4) is 0 Å². The van der Waals surface area contributed by atoms with Crippen LogP contribution in [0.2, 0.25) is 0 Å². The molecule has 1 aromatic carbocycles. The predicted octanol–water partition coefficient (Wildman–Crippen LogP) is 3.54. The number of aromatic nitrogens is 2. The van der Waals surface area contributed by atoms with Crippen molar-refractivity contribution in [2.75, 3.05) is 19.0 Å². The quantitative estimate of drug-likeness (QED) is 0.793. The number of aryl methyl sites for hydroxylation is 2. The standard InChI is InChI=1S/C16H22FN3O/c1-12-11-20(9-4-10-21-3)16(18-12)19-13(2)14-5-7-15(17)8-6-14/h5-8,11,13H,4,9-10H2,1-3H3,(H,18,19). The molecule has 1 unspecified atom stereocenters. The van der Waals surface area contributed by atoms with Gasteiger partial charge in [-0.1, -0.05) is 12.1 Å². The normalized spacial score (nSPS) is 12.4. The maximum atomic E-state index is 13.0. The van der Waals surface area contributed by atoms with Crippen molar-refractivity contribution in [2.24, 2.45) is 0 Å². The van der Waals surface area contributed by atoms with Crippen LogP contribution in [0.5, 0.6) is 0 Å². The van der Waals surface area contributed by atoms with E-state index in [9.17, 15) is 4.39 Å². The molecule has 2 rings (SSSR count). The van der Waals surface area contributed by atoms with Crippen molar-refractivity contribution in [2.45, 2.75) is 32.9 Å². The van der Waals surface area contributed by atoms with Gasteiger partial charge in [-0.3, -0.25) is 0 Å². The summed E-state index contributed by atoms with van der Waals surface area (Å²) in [5, 5.41) is 3.38. The van der Waals surface area contributed by atoms with E-state index in [0.717, 1.165) is 36.8 Å². The van der Waals surface area contributed by atoms with E-state index >= 15 is 0 Å². The fraction of sp³-hybridized carbons (Fsp3) is 0.438. The first-order valence-corrected chi connectivity index (χ1v) is 7.15. The zero-order chi connectivity index (χ0) is 15.2. The number of anilines is 1. The molecule has 0 spiro atoms. The molecule has 1 heterocycles. The fourth-order valence-corrected chi connectivity index (χ4v) is 2.24. The summed E-state index contributed by atoms with van der Waals surface area (Å²) in [6, 6.07) is 6.60. The lowest BCUT2D eigenvalue weighted by molar-refractivity contribution is 0.190. The lowest BCUT2D eigenvalue weighted by Gasteiger charge is -2.16. The van der Waals surface area contributed by atoms with Crippen LogP contribution in [0.15, 0.2) is 30.5 Å². The minimum Gasteiger partial charge on any atom is -0.385 e. The summed E-state index contributed by atoms with van der Waals surface area (Å²) in [4.78, 5) is 4.51. The Morgan fingerprint density at radius 2 is 2.05 bits per heavy atom. The molecule has 0 aliphatic rings. The van der Waals surface area contributed by atoms with Gasteiger partial charge in [-0.25, -0.2) is 9.37 Å². The second kappa shape index (κ2) is 7.22. The van der Waals surface area contributed by atoms with E-state index in [1.165, 1.54) is 12.1 Å². The molecule has 0 radical (unpaired) electrons. The van der Waals surface area contributed by atoms with Gasteiger partial charge in [0, 0.05) is 26.5 Å². The summed E-state index contributed by atoms with van der Waals surface area (Å²) in [6.07, 6.45) is 2.96. The number of nitrogens with one attached hydrogen (secondary N) is 1. The van der Waals surface area contributed by atoms with Crippen LogP contribution >= 0.6 is 0 Å². The molecule has 1 N–H and O–H groups in total. The lowest BCUT2D eigenvalue weighted by Crippen LogP contribution is -2.12. The Morgan fingerprint density at radius 1 is 1.33 bits per heavy atom. The number of ether oxygens (including phenoxy) is 1. The Kier molecular flexibility index (Phi) is 5.33. The van der Waals surface area contributed by atoms with E-state index in [4.69, 9.17) is 4.74 Å². The topological polar surface area (TPSA) is 39.1 Å². The summed E-state index contributed by atoms with van der Waals surface area (Å²) in [7, 11) is 1.70. The SMILES string of the molecule is COCCCn1cc(C)nc1NC(C)c1ccc(F)cc1. The molecular weight excluding hydrogens is 269 g/mol. The summed E-state index contributed by atoms with van der Waals surface area (Å²) >= 11 is 0. The van der Waals surface area contributed by atoms with Gasteiger partial charge < -0.3 is 14.6 Å². The maximum absolute atomic E-state index is 13.0. The van der Waals surface area contributed by atoms with Gasteiger partial charge in [0.2, 0.25) is 5.95 Å². The number of imidazole rings is 1. The molecule has 2 aromatic rings. The first-order valence-electron chi connectivity index (χ1n) is 7.15. The van der Waals surface area contributed by atoms with Crippen LogP contribution in [0, 0.1) is 12.7 Å². The summed E-state index contributed by atoms with van der Waals surface area (Å²) < 4.78 is 20.1. The zero-order valence-corrected chi connectivity index (χ0v) is 12.8. The van der Waals surface area contributed by atoms with Crippen LogP contribution in [-0.4, -0.2) is 23.3 Å². The van der Waals surface area contributed by atoms with Gasteiger partial charge in [0.05, 0.1) is 11.7 Å². The molecule has 4 nitrogen and oxygen atoms in total. The molecule has 1 aromatic heterocycles. The molecule has 114 valence electrons. The van der Waals surface area contributed by atoms with Crippen molar-refractivity contribution in [3.63, 3.8) is 0 Å². The highest BCUT2D eigenvalue weighted by Gasteiger charge is 2.10. The van der Waals surface area contributed by atoms with Crippen molar-refractivity contribution in [3.05, 3.63) is 47.5 Å². The summed E-state index contributed by atoms with van der Waals surface area (Å²) in [6.45, 7) is 5.59. The van der Waals surface area contributed by atoms with Crippen LogP contribution in [0.25, 0.3) is 0 Å². The monoisotopic (exact) mass is 291 g/mol. The number of benzene rings is 1. The highest BCUT2D eigenvalue weighted by atomic mass is 19.1. The number of hydrogen-bond acceptors (Lipinski definition) is 3. The Bertz CT molecular complexity index is 565. The molecule has 0 aliphatic carbocycles. The zero-order valence-electron chi connectivity index (χ0n) is 12.8. The fourth-order valence-electron chi connectivity index (χ4n) is 2.24. The van der Waals surface area contributed by atoms with Gasteiger partial charge in [-0.15, -0.1) is 0 Å². The average molecular weight is 291 g/mol. The average Bonchev–Trinajstić information content (AvgIpc) is 2.80. The molecule has 0 saturated heterocycles. The number of halogens is 1. The minimum absolute atomic E-state index is 0.0635. The largest absolute Gasteiger partial charge is 0.385 e. The number of methoxy groups -OCH3 is 1. The Balaban J connectivity index is 2.05. The number of nitrogens with zero attached hydrogens (tertiary/aromatic N) is 2. The third-order valence-corrected chi connectivity index (χ3v) is 3.36. The molecule has 1 atom stereocenters. The Morgan fingerprint density at radius 3 is 2.71 bits per heavy atom. The first-order chi connectivity index (χ1) is 10.1. The molecule has 0 aliphatic heterocycles. The lowest BCUT2D eigenvalue weighted by atomic mass is 10.1. The Labute approximate surface area is 125 Å². The summed E-state index contributed by atoms with van der Waals surface area (Å²) in [5.41, 5.74) is 2.00. The van der Waals surface area contributed by atoms with E-state index in [1.807, 2.05) is 20.0 Å². The van der Waals surface area contributed by atoms with E-state index in [0.29, 0.717) is 0 Å². The molecule has 5 heteroatoms. The highest BCUT2D eigenvalue weighted by molar-refractivity contribution is 5.34. The van der Waals surface area contributed by atoms with Crippen LogP contribution in [0.1, 0.15) is 30.6 Å². The molecular formula is C16H22FN3O. The van der Waals surface area contributed by atoms with Crippen molar-refractivity contribution in [1.29, 1.82) is 0 Å². The smallest absolute Gasteiger partial charge is 0.203 e. The van der Waals surface area contributed by atoms with Gasteiger partial charge in [0.1, 0.15) is 5.82 Å². The first kappa shape index (κ1) is 15.5. The molecule has 21 heavy (non-hydrogen) atoms. The van der Waals surface area contributed by atoms with Crippen LogP contribution in [-0.2, 0) is 11.3 Å². The highest BCUT2D eigenvalue weighted by Crippen LogP contribution is 2.19. The molecule has 0 amide bonds. The number of hydrogen-bond donors (Lipinski definition) is 1. The maximum Gasteiger partial charge on any atom is 0.203 e. The minimum atomic E-state index is -0.220. The van der Waals surface area contributed by atoms with E-state index in [-0.39, 0.29) is 11.9 Å². The second-order valence-corrected chi connectivity index (χ2v) is 5.16. The van der Waals surface area contributed by atoms with Crippen molar-refractivity contribution in [1.82, 2.24) is 9.55 Å². The molecule has 0 fully saturated rings.